The van der Waals surface area contributed by atoms with E-state index in [1.807, 2.05) is 17.9 Å². The zero-order valence-electron chi connectivity index (χ0n) is 11.7. The molecule has 4 nitrogen and oxygen atoms in total. The number of hydrogen-bond donors (Lipinski definition) is 2. The van der Waals surface area contributed by atoms with Gasteiger partial charge in [0.1, 0.15) is 0 Å². The van der Waals surface area contributed by atoms with Crippen molar-refractivity contribution in [1.29, 1.82) is 0 Å². The van der Waals surface area contributed by atoms with E-state index in [1.54, 1.807) is 0 Å². The van der Waals surface area contributed by atoms with Gasteiger partial charge in [-0.2, -0.15) is 5.10 Å². The Morgan fingerprint density at radius 2 is 2.11 bits per heavy atom. The van der Waals surface area contributed by atoms with Gasteiger partial charge in [0.05, 0.1) is 17.6 Å². The molecule has 1 heterocycles. The van der Waals surface area contributed by atoms with E-state index in [1.165, 1.54) is 16.8 Å². The molecule has 0 fully saturated rings. The summed E-state index contributed by atoms with van der Waals surface area (Å²) in [5.41, 5.74) is 10.5. The molecule has 1 aromatic heterocycles. The fourth-order valence-electron chi connectivity index (χ4n) is 2.13. The van der Waals surface area contributed by atoms with Crippen LogP contribution in [0, 0.1) is 6.92 Å². The number of nitrogens with two attached hydrogens (primary N) is 1. The molecule has 2 aromatic rings. The molecular weight excluding hydrogens is 236 g/mol. The lowest BCUT2D eigenvalue weighted by atomic mass is 10.0. The third-order valence-electron chi connectivity index (χ3n) is 3.38. The number of aryl methyl sites for hydroxylation is 2. The van der Waals surface area contributed by atoms with E-state index in [9.17, 15) is 0 Å². The molecule has 0 unspecified atom stereocenters. The van der Waals surface area contributed by atoms with Crippen LogP contribution in [0.3, 0.4) is 0 Å². The molecule has 0 amide bonds. The van der Waals surface area contributed by atoms with E-state index in [0.717, 1.165) is 25.1 Å². The number of rotatable bonds is 6. The van der Waals surface area contributed by atoms with Crippen molar-refractivity contribution >= 4 is 5.69 Å². The van der Waals surface area contributed by atoms with Gasteiger partial charge in [-0.15, -0.1) is 0 Å². The predicted octanol–water partition coefficient (Wildman–Crippen LogP) is 2.08. The second-order valence-corrected chi connectivity index (χ2v) is 4.80. The van der Waals surface area contributed by atoms with Crippen LogP contribution in [0.2, 0.25) is 0 Å². The Morgan fingerprint density at radius 3 is 2.84 bits per heavy atom. The second-order valence-electron chi connectivity index (χ2n) is 4.80. The van der Waals surface area contributed by atoms with Gasteiger partial charge >= 0.3 is 0 Å². The van der Waals surface area contributed by atoms with Crippen LogP contribution < -0.4 is 11.1 Å². The monoisotopic (exact) mass is 258 g/mol. The number of nitrogens with one attached hydrogen (secondary N) is 1. The first-order chi connectivity index (χ1) is 9.22. The fourth-order valence-corrected chi connectivity index (χ4v) is 2.13. The first-order valence-electron chi connectivity index (χ1n) is 6.71. The van der Waals surface area contributed by atoms with Crippen molar-refractivity contribution in [1.82, 2.24) is 9.78 Å². The first-order valence-corrected chi connectivity index (χ1v) is 6.71. The summed E-state index contributed by atoms with van der Waals surface area (Å²) in [6.07, 6.45) is 3.76. The summed E-state index contributed by atoms with van der Waals surface area (Å²) in [5.74, 6) is 0. The average molecular weight is 258 g/mol. The lowest BCUT2D eigenvalue weighted by molar-refractivity contribution is 0.723. The minimum Gasteiger partial charge on any atom is -0.382 e. The van der Waals surface area contributed by atoms with Gasteiger partial charge in [-0.05, 0) is 31.0 Å². The Bertz CT molecular complexity index is 531. The number of nitrogens with zero attached hydrogens (tertiary/aromatic N) is 2. The summed E-state index contributed by atoms with van der Waals surface area (Å²) < 4.78 is 1.94. The summed E-state index contributed by atoms with van der Waals surface area (Å²) in [7, 11) is 1.99. The zero-order valence-corrected chi connectivity index (χ0v) is 11.7. The van der Waals surface area contributed by atoms with Gasteiger partial charge < -0.3 is 11.1 Å². The summed E-state index contributed by atoms with van der Waals surface area (Å²) >= 11 is 0. The second kappa shape index (κ2) is 6.38. The van der Waals surface area contributed by atoms with Crippen LogP contribution in [0.15, 0.2) is 30.5 Å². The number of hydrogen-bond acceptors (Lipinski definition) is 3. The molecule has 0 saturated heterocycles. The predicted molar refractivity (Wildman–Crippen MR) is 79.4 cm³/mol. The summed E-state index contributed by atoms with van der Waals surface area (Å²) in [6, 6.07) is 8.47. The van der Waals surface area contributed by atoms with Gasteiger partial charge in [0, 0.05) is 20.0 Å². The van der Waals surface area contributed by atoms with E-state index in [2.05, 4.69) is 41.6 Å². The minimum absolute atomic E-state index is 0.709. The van der Waals surface area contributed by atoms with E-state index in [-0.39, 0.29) is 0 Å². The van der Waals surface area contributed by atoms with Crippen LogP contribution in [-0.2, 0) is 13.5 Å². The largest absolute Gasteiger partial charge is 0.382 e. The Balaban J connectivity index is 2.15. The maximum atomic E-state index is 5.52. The van der Waals surface area contributed by atoms with Crippen molar-refractivity contribution < 1.29 is 0 Å². The molecule has 102 valence electrons. The van der Waals surface area contributed by atoms with Crippen molar-refractivity contribution in [2.45, 2.75) is 19.8 Å². The van der Waals surface area contributed by atoms with Gasteiger partial charge in [0.25, 0.3) is 0 Å². The van der Waals surface area contributed by atoms with Crippen LogP contribution in [0.5, 0.6) is 0 Å². The molecule has 0 aliphatic carbocycles. The fraction of sp³-hybridized carbons (Fsp3) is 0.400. The average Bonchev–Trinajstić information content (AvgIpc) is 2.74. The highest BCUT2D eigenvalue weighted by molar-refractivity contribution is 5.49. The Morgan fingerprint density at radius 1 is 1.32 bits per heavy atom. The van der Waals surface area contributed by atoms with Crippen LogP contribution in [0.1, 0.15) is 23.2 Å². The molecule has 19 heavy (non-hydrogen) atoms. The highest BCUT2D eigenvalue weighted by atomic mass is 15.3. The van der Waals surface area contributed by atoms with Crippen molar-refractivity contribution in [3.05, 3.63) is 47.3 Å². The zero-order chi connectivity index (χ0) is 13.7. The SMILES string of the molecule is Cc1ccccc1Cc1c(NCCCN)cnn1C. The molecule has 2 rings (SSSR count). The molecule has 3 N–H and O–H groups in total. The van der Waals surface area contributed by atoms with Gasteiger partial charge in [0.15, 0.2) is 0 Å². The first kappa shape index (κ1) is 13.6. The van der Waals surface area contributed by atoms with Gasteiger partial charge in [-0.1, -0.05) is 24.3 Å². The van der Waals surface area contributed by atoms with E-state index in [4.69, 9.17) is 5.73 Å². The Hall–Kier alpha value is -1.81. The highest BCUT2D eigenvalue weighted by Crippen LogP contribution is 2.20. The van der Waals surface area contributed by atoms with E-state index >= 15 is 0 Å². The maximum absolute atomic E-state index is 5.52. The van der Waals surface area contributed by atoms with Crippen LogP contribution in [-0.4, -0.2) is 22.9 Å². The number of benzene rings is 1. The number of aromatic nitrogens is 2. The van der Waals surface area contributed by atoms with Gasteiger partial charge in [0.2, 0.25) is 0 Å². The molecule has 0 bridgehead atoms. The lowest BCUT2D eigenvalue weighted by Gasteiger charge is -2.10. The molecule has 0 radical (unpaired) electrons. The highest BCUT2D eigenvalue weighted by Gasteiger charge is 2.09. The van der Waals surface area contributed by atoms with Crippen LogP contribution in [0.4, 0.5) is 5.69 Å². The molecule has 0 aliphatic rings. The minimum atomic E-state index is 0.709. The van der Waals surface area contributed by atoms with Crippen molar-refractivity contribution in [3.63, 3.8) is 0 Å². The topological polar surface area (TPSA) is 55.9 Å². The summed E-state index contributed by atoms with van der Waals surface area (Å²) in [5, 5.41) is 7.76. The van der Waals surface area contributed by atoms with Crippen molar-refractivity contribution in [2.75, 3.05) is 18.4 Å². The molecule has 0 atom stereocenters. The van der Waals surface area contributed by atoms with Gasteiger partial charge in [-0.25, -0.2) is 0 Å². The standard InChI is InChI=1S/C15H22N4/c1-12-6-3-4-7-13(12)10-15-14(11-18-19(15)2)17-9-5-8-16/h3-4,6-7,11,17H,5,8-10,16H2,1-2H3. The summed E-state index contributed by atoms with van der Waals surface area (Å²) in [6.45, 7) is 3.75. The van der Waals surface area contributed by atoms with Gasteiger partial charge in [-0.3, -0.25) is 4.68 Å². The Kier molecular flexibility index (Phi) is 4.58. The quantitative estimate of drug-likeness (QED) is 0.780. The van der Waals surface area contributed by atoms with Crippen LogP contribution in [0.25, 0.3) is 0 Å². The van der Waals surface area contributed by atoms with E-state index in [0.29, 0.717) is 6.54 Å². The molecule has 0 aliphatic heterocycles. The normalized spacial score (nSPS) is 10.7. The van der Waals surface area contributed by atoms with Crippen LogP contribution >= 0.6 is 0 Å². The Labute approximate surface area is 114 Å². The van der Waals surface area contributed by atoms with E-state index < -0.39 is 0 Å². The van der Waals surface area contributed by atoms with Crippen molar-refractivity contribution in [3.8, 4) is 0 Å². The molecule has 0 spiro atoms. The third-order valence-corrected chi connectivity index (χ3v) is 3.38. The maximum Gasteiger partial charge on any atom is 0.0762 e. The third kappa shape index (κ3) is 3.35. The lowest BCUT2D eigenvalue weighted by Crippen LogP contribution is -2.10. The molecule has 0 saturated carbocycles. The molecule has 4 heteroatoms. The van der Waals surface area contributed by atoms with Crippen molar-refractivity contribution in [2.24, 2.45) is 12.8 Å². The molecular formula is C15H22N4. The smallest absolute Gasteiger partial charge is 0.0762 e. The summed E-state index contributed by atoms with van der Waals surface area (Å²) in [4.78, 5) is 0. The number of anilines is 1. The molecule has 1 aromatic carbocycles.